The number of hydrogen-bond acceptors (Lipinski definition) is 1. The predicted molar refractivity (Wildman–Crippen MR) is 194 cm³/mol. The maximum Gasteiger partial charge on any atom is 0.0636 e. The summed E-state index contributed by atoms with van der Waals surface area (Å²) in [5.74, 6) is 0. The lowest BCUT2D eigenvalue weighted by molar-refractivity contribution is 1.40. The van der Waals surface area contributed by atoms with Crippen LogP contribution in [-0.4, -0.2) is 0 Å². The van der Waals surface area contributed by atoms with Crippen LogP contribution in [0.15, 0.2) is 167 Å². The molecule has 9 aromatic carbocycles. The molecule has 0 fully saturated rings. The maximum absolute atomic E-state index is 10.1. The second-order valence-electron chi connectivity index (χ2n) is 10.0. The molecule has 1 heteroatoms. The van der Waals surface area contributed by atoms with Crippen molar-refractivity contribution >= 4 is 54.9 Å². The van der Waals surface area contributed by atoms with E-state index < -0.39 is 217 Å². The third kappa shape index (κ3) is 3.75. The van der Waals surface area contributed by atoms with Gasteiger partial charge in [-0.2, -0.15) is 0 Å². The van der Waals surface area contributed by atoms with E-state index in [9.17, 15) is 13.7 Å². The Kier molecular flexibility index (Phi) is 2.26. The molecule has 0 unspecified atom stereocenters. The highest BCUT2D eigenvalue weighted by Crippen LogP contribution is 2.50. The first-order chi connectivity index (χ1) is 33.2. The number of fused-ring (bicyclic) bond motifs is 2. The molecular weight excluding hydrogens is 561 g/mol. The summed E-state index contributed by atoms with van der Waals surface area (Å²) in [6.07, 6.45) is 0. The Morgan fingerprint density at radius 2 is 0.911 bits per heavy atom. The molecule has 0 spiro atoms. The van der Waals surface area contributed by atoms with Crippen molar-refractivity contribution in [3.05, 3.63) is 157 Å². The highest BCUT2D eigenvalue weighted by Gasteiger charge is 2.21. The smallest absolute Gasteiger partial charge is 0.0636 e. The summed E-state index contributed by atoms with van der Waals surface area (Å²) in [4.78, 5) is -0.392. The van der Waals surface area contributed by atoms with Crippen LogP contribution in [0.5, 0.6) is 0 Å². The Balaban J connectivity index is 1.51. The van der Waals surface area contributed by atoms with Crippen LogP contribution in [0.3, 0.4) is 0 Å². The van der Waals surface area contributed by atoms with Crippen molar-refractivity contribution in [2.75, 3.05) is 0 Å². The van der Waals surface area contributed by atoms with Crippen LogP contribution in [0.4, 0.5) is 0 Å². The summed E-state index contributed by atoms with van der Waals surface area (Å²) in [6.45, 7) is 0. The third-order valence-corrected chi connectivity index (χ3v) is 8.59. The molecule has 0 aromatic heterocycles. The van der Waals surface area contributed by atoms with Crippen molar-refractivity contribution in [1.29, 1.82) is 0 Å². The maximum atomic E-state index is 10.1. The molecule has 0 saturated heterocycles. The van der Waals surface area contributed by atoms with Crippen LogP contribution >= 0.6 is 11.8 Å². The van der Waals surface area contributed by atoms with E-state index in [4.69, 9.17) is 21.9 Å². The van der Waals surface area contributed by atoms with Gasteiger partial charge in [0.2, 0.25) is 0 Å². The fraction of sp³-hybridized carbons (Fsp3) is 0. The predicted octanol–water partition coefficient (Wildman–Crippen LogP) is 12.9. The van der Waals surface area contributed by atoms with Crippen molar-refractivity contribution in [2.45, 2.75) is 9.79 Å². The second-order valence-corrected chi connectivity index (χ2v) is 11.0. The van der Waals surface area contributed by atoms with E-state index in [2.05, 4.69) is 0 Å². The van der Waals surface area contributed by atoms with Crippen molar-refractivity contribution in [1.82, 2.24) is 0 Å². The first kappa shape index (κ1) is 10.6. The number of benzene rings is 9. The molecule has 45 heavy (non-hydrogen) atoms. The minimum absolute atomic E-state index is 0.173. The molecule has 10 rings (SSSR count). The second kappa shape index (κ2) is 9.56. The zero-order chi connectivity index (χ0) is 52.1. The average molecular weight is 613 g/mol. The molecule has 0 N–H and O–H groups in total. The normalized spacial score (nSPS) is 20.4. The zero-order valence-corrected chi connectivity index (χ0v) is 23.2. The Bertz CT molecular complexity index is 4030. The fourth-order valence-corrected chi connectivity index (χ4v) is 6.61. The molecule has 0 bridgehead atoms. The Morgan fingerprint density at radius 3 is 1.73 bits per heavy atom. The first-order valence-electron chi connectivity index (χ1n) is 26.4. The summed E-state index contributed by atoms with van der Waals surface area (Å²) in [6, 6.07) is -21.7. The fourth-order valence-electron chi connectivity index (χ4n) is 5.64. The molecule has 9 aromatic rings. The van der Waals surface area contributed by atoms with Gasteiger partial charge in [-0.15, -0.1) is 0 Å². The van der Waals surface area contributed by atoms with Gasteiger partial charge in [-0.25, -0.2) is 0 Å². The molecular formula is C44H26S. The van der Waals surface area contributed by atoms with Gasteiger partial charge in [-0.1, -0.05) is 139 Å². The lowest BCUT2D eigenvalue weighted by Gasteiger charge is -2.22. The summed E-state index contributed by atoms with van der Waals surface area (Å²) >= 11 is 0.612. The standard InChI is InChI=1S/C44H26S/c1-2-8-27(9-3-1)31-24-32(34-20-18-30-17-16-28-10-6-11-29-19-21-38(34)43(30)42(28)29)26-33(25-31)35-22-23-39-36-12-4-5-14-40(36)45-41-15-7-13-37(35)44(39)41/h1-26H/i1D,2D,3D,4D,5D,6D,7D,8D,9D,10D,11D,12D,13D,14D,15D,16D,17D,18D,19D,20D,21D,22D,23D,24D,25D,26D. The molecule has 0 saturated carbocycles. The minimum atomic E-state index is -1.04. The van der Waals surface area contributed by atoms with Crippen molar-refractivity contribution in [3.63, 3.8) is 0 Å². The van der Waals surface area contributed by atoms with Crippen LogP contribution in [0, 0.1) is 0 Å². The highest BCUT2D eigenvalue weighted by molar-refractivity contribution is 7.99. The van der Waals surface area contributed by atoms with Gasteiger partial charge >= 0.3 is 0 Å². The Morgan fingerprint density at radius 1 is 0.333 bits per heavy atom. The minimum Gasteiger partial charge on any atom is -0.0888 e. The van der Waals surface area contributed by atoms with Crippen LogP contribution in [0.25, 0.3) is 87.6 Å². The van der Waals surface area contributed by atoms with E-state index in [1.807, 2.05) is 0 Å². The summed E-state index contributed by atoms with van der Waals surface area (Å²) in [7, 11) is 0. The van der Waals surface area contributed by atoms with E-state index in [1.54, 1.807) is 0 Å². The SMILES string of the molecule is [2H]c1c([2H])c([2H])c(-c2c([2H])c(-c3c([2H])c([2H])c4c5c(c([2H])c([2H])c([2H])c35)Sc3c([2H])c([2H])c([2H])c([2H])c3-4)c([2H])c(-c3c([2H])c([2H])c4c([2H])c([2H])c5c([2H])c([2H])c([2H])c6c([2H])c([2H])c3c4c56)c2[2H])c([2H])c1[2H]. The van der Waals surface area contributed by atoms with E-state index in [1.165, 1.54) is 0 Å². The average Bonchev–Trinajstić information content (AvgIpc) is 3.33. The van der Waals surface area contributed by atoms with Gasteiger partial charge in [0.1, 0.15) is 0 Å². The Hall–Kier alpha value is -5.37. The summed E-state index contributed by atoms with van der Waals surface area (Å²) in [5.41, 5.74) is -5.49. The molecule has 0 nitrogen and oxygen atoms in total. The van der Waals surface area contributed by atoms with Crippen LogP contribution < -0.4 is 0 Å². The molecule has 0 atom stereocenters. The van der Waals surface area contributed by atoms with E-state index in [-0.39, 0.29) is 37.1 Å². The molecule has 208 valence electrons. The van der Waals surface area contributed by atoms with Crippen molar-refractivity contribution in [2.24, 2.45) is 0 Å². The lowest BCUT2D eigenvalue weighted by Crippen LogP contribution is -1.94. The molecule has 0 amide bonds. The van der Waals surface area contributed by atoms with Crippen LogP contribution in [0.2, 0.25) is 0 Å². The molecule has 0 aliphatic carbocycles. The van der Waals surface area contributed by atoms with Gasteiger partial charge in [-0.05, 0) is 112 Å². The van der Waals surface area contributed by atoms with Gasteiger partial charge < -0.3 is 0 Å². The topological polar surface area (TPSA) is 0 Å². The lowest BCUT2D eigenvalue weighted by atomic mass is 9.86. The van der Waals surface area contributed by atoms with Gasteiger partial charge in [0.25, 0.3) is 0 Å². The summed E-state index contributed by atoms with van der Waals surface area (Å²) < 4.78 is 236. The van der Waals surface area contributed by atoms with Gasteiger partial charge in [0, 0.05) is 15.2 Å². The van der Waals surface area contributed by atoms with E-state index >= 15 is 0 Å². The first-order valence-corrected chi connectivity index (χ1v) is 14.2. The van der Waals surface area contributed by atoms with Gasteiger partial charge in [0.15, 0.2) is 0 Å². The highest BCUT2D eigenvalue weighted by atomic mass is 32.2. The monoisotopic (exact) mass is 612 g/mol. The van der Waals surface area contributed by atoms with Crippen molar-refractivity contribution in [3.8, 4) is 44.5 Å². The molecule has 0 radical (unpaired) electrons. The quantitative estimate of drug-likeness (QED) is 0.179. The molecule has 1 aliphatic rings. The van der Waals surface area contributed by atoms with Crippen molar-refractivity contribution < 1.29 is 35.6 Å². The largest absolute Gasteiger partial charge is 0.0888 e. The van der Waals surface area contributed by atoms with Gasteiger partial charge in [-0.3, -0.25) is 0 Å². The van der Waals surface area contributed by atoms with E-state index in [0.717, 1.165) is 0 Å². The molecule has 1 heterocycles. The van der Waals surface area contributed by atoms with Crippen LogP contribution in [-0.2, 0) is 0 Å². The zero-order valence-electron chi connectivity index (χ0n) is 48.4. The van der Waals surface area contributed by atoms with Gasteiger partial charge in [0.05, 0.1) is 35.6 Å². The Labute approximate surface area is 302 Å². The third-order valence-electron chi connectivity index (χ3n) is 7.57. The summed E-state index contributed by atoms with van der Waals surface area (Å²) in [5, 5.41) is -3.38. The number of rotatable bonds is 3. The molecule has 1 aliphatic heterocycles. The number of hydrogen-bond donors (Lipinski definition) is 0. The van der Waals surface area contributed by atoms with E-state index in [0.29, 0.717) is 11.8 Å². The van der Waals surface area contributed by atoms with Crippen LogP contribution in [0.1, 0.15) is 35.6 Å².